The van der Waals surface area contributed by atoms with Crippen LogP contribution < -0.4 is 0 Å². The van der Waals surface area contributed by atoms with Gasteiger partial charge in [-0.2, -0.15) is 5.10 Å². The molecule has 0 aliphatic heterocycles. The van der Waals surface area contributed by atoms with E-state index in [0.29, 0.717) is 5.69 Å². The summed E-state index contributed by atoms with van der Waals surface area (Å²) in [6.45, 7) is 7.10. The van der Waals surface area contributed by atoms with Gasteiger partial charge in [-0.3, -0.25) is 0 Å². The van der Waals surface area contributed by atoms with Crippen LogP contribution in [0.25, 0.3) is 6.20 Å². The molecule has 70 valence electrons. The summed E-state index contributed by atoms with van der Waals surface area (Å²) in [5, 5.41) is 3.91. The maximum absolute atomic E-state index is 11.3. The van der Waals surface area contributed by atoms with Crippen LogP contribution in [0.1, 0.15) is 24.3 Å². The summed E-state index contributed by atoms with van der Waals surface area (Å²) in [5.41, 5.74) is 0.300. The van der Waals surface area contributed by atoms with Gasteiger partial charge in [0.05, 0.1) is 6.10 Å². The smallest absolute Gasteiger partial charge is 0.359 e. The zero-order valence-corrected chi connectivity index (χ0v) is 7.73. The molecule has 0 radical (unpaired) electrons. The van der Waals surface area contributed by atoms with Crippen LogP contribution in [0.4, 0.5) is 0 Å². The molecule has 0 aliphatic carbocycles. The Bertz CT molecular complexity index is 315. The highest BCUT2D eigenvalue weighted by Crippen LogP contribution is 2.01. The van der Waals surface area contributed by atoms with Crippen molar-refractivity contribution in [3.63, 3.8) is 0 Å². The van der Waals surface area contributed by atoms with Crippen molar-refractivity contribution in [1.82, 2.24) is 9.78 Å². The van der Waals surface area contributed by atoms with Crippen LogP contribution in [0.3, 0.4) is 0 Å². The van der Waals surface area contributed by atoms with Gasteiger partial charge >= 0.3 is 5.97 Å². The van der Waals surface area contributed by atoms with Crippen LogP contribution in [0.5, 0.6) is 0 Å². The molecule has 0 bridgehead atoms. The minimum absolute atomic E-state index is 0.124. The van der Waals surface area contributed by atoms with E-state index in [4.69, 9.17) is 4.74 Å². The fourth-order valence-electron chi connectivity index (χ4n) is 0.823. The Kier molecular flexibility index (Phi) is 2.84. The molecular weight excluding hydrogens is 168 g/mol. The quantitative estimate of drug-likeness (QED) is 0.663. The van der Waals surface area contributed by atoms with Gasteiger partial charge < -0.3 is 4.74 Å². The fourth-order valence-corrected chi connectivity index (χ4v) is 0.823. The highest BCUT2D eigenvalue weighted by molar-refractivity contribution is 5.87. The Hall–Kier alpha value is -1.58. The Morgan fingerprint density at radius 2 is 2.46 bits per heavy atom. The number of ether oxygens (including phenoxy) is 1. The first-order valence-corrected chi connectivity index (χ1v) is 4.02. The summed E-state index contributed by atoms with van der Waals surface area (Å²) < 4.78 is 6.40. The highest BCUT2D eigenvalue weighted by atomic mass is 16.5. The first kappa shape index (κ1) is 9.51. The molecule has 0 aromatic carbocycles. The average molecular weight is 180 g/mol. The summed E-state index contributed by atoms with van der Waals surface area (Å²) in [6, 6.07) is 1.59. The van der Waals surface area contributed by atoms with Crippen LogP contribution in [0, 0.1) is 0 Å². The number of hydrogen-bond acceptors (Lipinski definition) is 3. The van der Waals surface area contributed by atoms with E-state index in [9.17, 15) is 4.79 Å². The van der Waals surface area contributed by atoms with Gasteiger partial charge in [0.1, 0.15) is 0 Å². The molecule has 0 atom stereocenters. The normalized spacial score (nSPS) is 10.1. The SMILES string of the molecule is C=Cn1ccc(C(=O)OC(C)C)n1. The summed E-state index contributed by atoms with van der Waals surface area (Å²) >= 11 is 0. The molecule has 1 heterocycles. The van der Waals surface area contributed by atoms with Gasteiger partial charge in [-0.05, 0) is 19.9 Å². The molecule has 0 amide bonds. The lowest BCUT2D eigenvalue weighted by Crippen LogP contribution is -2.12. The van der Waals surface area contributed by atoms with Gasteiger partial charge in [0.2, 0.25) is 0 Å². The first-order chi connectivity index (χ1) is 6.13. The molecule has 1 rings (SSSR count). The van der Waals surface area contributed by atoms with E-state index >= 15 is 0 Å². The number of hydrogen-bond donors (Lipinski definition) is 0. The molecule has 13 heavy (non-hydrogen) atoms. The largest absolute Gasteiger partial charge is 0.458 e. The van der Waals surface area contributed by atoms with Gasteiger partial charge in [0, 0.05) is 12.4 Å². The summed E-state index contributed by atoms with van der Waals surface area (Å²) in [6.07, 6.45) is 3.03. The van der Waals surface area contributed by atoms with Crippen LogP contribution >= 0.6 is 0 Å². The number of aromatic nitrogens is 2. The van der Waals surface area contributed by atoms with Crippen molar-refractivity contribution in [2.24, 2.45) is 0 Å². The predicted octanol–water partition coefficient (Wildman–Crippen LogP) is 1.55. The number of carbonyl (C=O) groups excluding carboxylic acids is 1. The lowest BCUT2D eigenvalue weighted by atomic mass is 10.4. The maximum atomic E-state index is 11.3. The van der Waals surface area contributed by atoms with Gasteiger partial charge in [-0.25, -0.2) is 9.48 Å². The zero-order chi connectivity index (χ0) is 9.84. The second kappa shape index (κ2) is 3.89. The average Bonchev–Trinajstić information content (AvgIpc) is 2.50. The summed E-state index contributed by atoms with van der Waals surface area (Å²) in [4.78, 5) is 11.3. The topological polar surface area (TPSA) is 44.1 Å². The van der Waals surface area contributed by atoms with Crippen molar-refractivity contribution in [1.29, 1.82) is 0 Å². The van der Waals surface area contributed by atoms with E-state index in [1.165, 1.54) is 10.9 Å². The maximum Gasteiger partial charge on any atom is 0.359 e. The van der Waals surface area contributed by atoms with Gasteiger partial charge in [0.25, 0.3) is 0 Å². The fraction of sp³-hybridized carbons (Fsp3) is 0.333. The van der Waals surface area contributed by atoms with Crippen molar-refractivity contribution in [3.05, 3.63) is 24.5 Å². The minimum Gasteiger partial charge on any atom is -0.458 e. The summed E-state index contributed by atoms with van der Waals surface area (Å²) in [5.74, 6) is -0.407. The third-order valence-corrected chi connectivity index (χ3v) is 1.35. The molecule has 1 aromatic rings. The molecule has 0 spiro atoms. The van der Waals surface area contributed by atoms with Crippen LogP contribution in [-0.4, -0.2) is 21.9 Å². The van der Waals surface area contributed by atoms with E-state index in [-0.39, 0.29) is 6.10 Å². The lowest BCUT2D eigenvalue weighted by Gasteiger charge is -2.04. The zero-order valence-electron chi connectivity index (χ0n) is 7.73. The monoisotopic (exact) mass is 180 g/mol. The molecule has 4 heteroatoms. The Labute approximate surface area is 76.8 Å². The van der Waals surface area contributed by atoms with E-state index in [0.717, 1.165) is 0 Å². The molecule has 0 saturated heterocycles. The van der Waals surface area contributed by atoms with Gasteiger partial charge in [-0.1, -0.05) is 6.58 Å². The molecule has 0 saturated carbocycles. The number of esters is 1. The van der Waals surface area contributed by atoms with Crippen LogP contribution in [0.2, 0.25) is 0 Å². The van der Waals surface area contributed by atoms with Crippen molar-refractivity contribution in [3.8, 4) is 0 Å². The second-order valence-corrected chi connectivity index (χ2v) is 2.82. The molecule has 0 unspecified atom stereocenters. The number of rotatable bonds is 3. The third-order valence-electron chi connectivity index (χ3n) is 1.35. The third kappa shape index (κ3) is 2.43. The second-order valence-electron chi connectivity index (χ2n) is 2.82. The standard InChI is InChI=1S/C9H12N2O2/c1-4-11-6-5-8(10-11)9(12)13-7(2)3/h4-7H,1H2,2-3H3. The number of carbonyl (C=O) groups is 1. The van der Waals surface area contributed by atoms with Crippen molar-refractivity contribution >= 4 is 12.2 Å². The minimum atomic E-state index is -0.407. The first-order valence-electron chi connectivity index (χ1n) is 4.02. The van der Waals surface area contributed by atoms with E-state index in [1.807, 2.05) is 0 Å². The van der Waals surface area contributed by atoms with E-state index < -0.39 is 5.97 Å². The molecule has 0 N–H and O–H groups in total. The molecular formula is C9H12N2O2. The van der Waals surface area contributed by atoms with Crippen molar-refractivity contribution in [2.45, 2.75) is 20.0 Å². The lowest BCUT2D eigenvalue weighted by molar-refractivity contribution is 0.0370. The van der Waals surface area contributed by atoms with Crippen LogP contribution in [0.15, 0.2) is 18.8 Å². The van der Waals surface area contributed by atoms with E-state index in [1.54, 1.807) is 26.1 Å². The highest BCUT2D eigenvalue weighted by Gasteiger charge is 2.11. The molecule has 0 fully saturated rings. The molecule has 4 nitrogen and oxygen atoms in total. The molecule has 0 aliphatic rings. The Morgan fingerprint density at radius 3 is 2.92 bits per heavy atom. The van der Waals surface area contributed by atoms with Crippen molar-refractivity contribution < 1.29 is 9.53 Å². The van der Waals surface area contributed by atoms with E-state index in [2.05, 4.69) is 11.7 Å². The number of nitrogens with zero attached hydrogens (tertiary/aromatic N) is 2. The van der Waals surface area contributed by atoms with Crippen LogP contribution in [-0.2, 0) is 4.74 Å². The Balaban J connectivity index is 2.71. The molecule has 1 aromatic heterocycles. The van der Waals surface area contributed by atoms with Crippen molar-refractivity contribution in [2.75, 3.05) is 0 Å². The summed E-state index contributed by atoms with van der Waals surface area (Å²) in [7, 11) is 0. The van der Waals surface area contributed by atoms with Gasteiger partial charge in [-0.15, -0.1) is 0 Å². The Morgan fingerprint density at radius 1 is 1.77 bits per heavy atom. The van der Waals surface area contributed by atoms with Gasteiger partial charge in [0.15, 0.2) is 5.69 Å². The predicted molar refractivity (Wildman–Crippen MR) is 49.2 cm³/mol.